The van der Waals surface area contributed by atoms with Gasteiger partial charge in [0.05, 0.1) is 9.82 Å². The van der Waals surface area contributed by atoms with E-state index in [0.29, 0.717) is 21.6 Å². The van der Waals surface area contributed by atoms with Gasteiger partial charge in [0.1, 0.15) is 5.82 Å². The molecule has 3 rings (SSSR count). The highest BCUT2D eigenvalue weighted by atomic mass is 32.2. The summed E-state index contributed by atoms with van der Waals surface area (Å²) in [5.41, 5.74) is 0.146. The van der Waals surface area contributed by atoms with Gasteiger partial charge in [-0.1, -0.05) is 38.5 Å². The maximum absolute atomic E-state index is 13.1. The standard InChI is InChI=1S/C21H23FN2O3S/c1-13-4-3-5-18(14(13)2)23-21(25)15-6-11-20(19(12-15)24(26)27)28-17-9-7-16(22)8-10-17/h6-14,18H,3-5H2,1-2H3,(H,23,25)/t13-,14-,18+/m1/s1. The number of nitro benzene ring substituents is 1. The van der Waals surface area contributed by atoms with Crippen molar-refractivity contribution in [3.63, 3.8) is 0 Å². The Morgan fingerprint density at radius 1 is 1.18 bits per heavy atom. The van der Waals surface area contributed by atoms with Crippen LogP contribution in [0.3, 0.4) is 0 Å². The Balaban J connectivity index is 1.79. The Kier molecular flexibility index (Phi) is 6.34. The highest BCUT2D eigenvalue weighted by Crippen LogP contribution is 2.36. The number of nitro groups is 1. The molecule has 28 heavy (non-hydrogen) atoms. The maximum Gasteiger partial charge on any atom is 0.284 e. The fraction of sp³-hybridized carbons (Fsp3) is 0.381. The Labute approximate surface area is 167 Å². The van der Waals surface area contributed by atoms with Crippen LogP contribution in [0.4, 0.5) is 10.1 Å². The summed E-state index contributed by atoms with van der Waals surface area (Å²) in [5, 5.41) is 14.6. The fourth-order valence-electron chi connectivity index (χ4n) is 3.55. The topological polar surface area (TPSA) is 72.2 Å². The number of hydrogen-bond donors (Lipinski definition) is 1. The summed E-state index contributed by atoms with van der Waals surface area (Å²) >= 11 is 1.17. The molecule has 0 spiro atoms. The van der Waals surface area contributed by atoms with Crippen LogP contribution in [0.1, 0.15) is 43.5 Å². The van der Waals surface area contributed by atoms with Crippen LogP contribution in [-0.2, 0) is 0 Å². The summed E-state index contributed by atoms with van der Waals surface area (Å²) in [6.07, 6.45) is 3.16. The zero-order valence-corrected chi connectivity index (χ0v) is 16.7. The van der Waals surface area contributed by atoms with E-state index in [0.717, 1.165) is 19.3 Å². The lowest BCUT2D eigenvalue weighted by Gasteiger charge is -2.34. The van der Waals surface area contributed by atoms with Gasteiger partial charge < -0.3 is 5.32 Å². The van der Waals surface area contributed by atoms with E-state index >= 15 is 0 Å². The SMILES string of the molecule is C[C@@H]1[C@H](C)CCC[C@@H]1NC(=O)c1ccc(Sc2ccc(F)cc2)c([N+](=O)[O-])c1. The van der Waals surface area contributed by atoms with Crippen molar-refractivity contribution in [2.75, 3.05) is 0 Å². The van der Waals surface area contributed by atoms with E-state index in [1.54, 1.807) is 24.3 Å². The Morgan fingerprint density at radius 2 is 1.89 bits per heavy atom. The first-order valence-corrected chi connectivity index (χ1v) is 10.2. The van der Waals surface area contributed by atoms with E-state index in [9.17, 15) is 19.3 Å². The molecule has 2 aromatic rings. The molecule has 0 aromatic heterocycles. The molecule has 2 aromatic carbocycles. The highest BCUT2D eigenvalue weighted by molar-refractivity contribution is 7.99. The second-order valence-corrected chi connectivity index (χ2v) is 8.46. The summed E-state index contributed by atoms with van der Waals surface area (Å²) in [6, 6.07) is 10.3. The van der Waals surface area contributed by atoms with Crippen molar-refractivity contribution in [3.05, 3.63) is 64.0 Å². The third-order valence-corrected chi connectivity index (χ3v) is 6.56. The van der Waals surface area contributed by atoms with Crippen LogP contribution in [0, 0.1) is 27.8 Å². The number of carbonyl (C=O) groups is 1. The lowest BCUT2D eigenvalue weighted by atomic mass is 9.78. The third-order valence-electron chi connectivity index (χ3n) is 5.48. The molecule has 0 heterocycles. The minimum absolute atomic E-state index is 0.0866. The first-order chi connectivity index (χ1) is 13.3. The lowest BCUT2D eigenvalue weighted by Crippen LogP contribution is -2.43. The van der Waals surface area contributed by atoms with Gasteiger partial charge in [-0.2, -0.15) is 0 Å². The number of hydrogen-bond acceptors (Lipinski definition) is 4. The van der Waals surface area contributed by atoms with Crippen molar-refractivity contribution in [1.82, 2.24) is 5.32 Å². The van der Waals surface area contributed by atoms with Gasteiger partial charge in [0.2, 0.25) is 0 Å². The molecule has 0 radical (unpaired) electrons. The molecule has 1 amide bonds. The number of rotatable bonds is 5. The Bertz CT molecular complexity index is 872. The molecule has 1 aliphatic rings. The lowest BCUT2D eigenvalue weighted by molar-refractivity contribution is -0.387. The van der Waals surface area contributed by atoms with Crippen LogP contribution in [0.15, 0.2) is 52.3 Å². The summed E-state index contributed by atoms with van der Waals surface area (Å²) < 4.78 is 13.1. The van der Waals surface area contributed by atoms with Crippen molar-refractivity contribution in [1.29, 1.82) is 0 Å². The fourth-order valence-corrected chi connectivity index (χ4v) is 4.45. The first-order valence-electron chi connectivity index (χ1n) is 9.38. The van der Waals surface area contributed by atoms with E-state index in [1.807, 2.05) is 0 Å². The van der Waals surface area contributed by atoms with Gasteiger partial charge in [0.15, 0.2) is 0 Å². The quantitative estimate of drug-likeness (QED) is 0.534. The Hall–Kier alpha value is -2.41. The van der Waals surface area contributed by atoms with Gasteiger partial charge in [-0.15, -0.1) is 0 Å². The molecule has 7 heteroatoms. The average molecular weight is 402 g/mol. The van der Waals surface area contributed by atoms with Gasteiger partial charge in [-0.25, -0.2) is 4.39 Å². The summed E-state index contributed by atoms with van der Waals surface area (Å²) in [6.45, 7) is 4.33. The second-order valence-electron chi connectivity index (χ2n) is 7.34. The number of amides is 1. The van der Waals surface area contributed by atoms with E-state index in [-0.39, 0.29) is 29.0 Å². The number of halogens is 1. The van der Waals surface area contributed by atoms with Gasteiger partial charge in [0.25, 0.3) is 11.6 Å². The molecular formula is C21H23FN2O3S. The van der Waals surface area contributed by atoms with Crippen LogP contribution in [-0.4, -0.2) is 16.9 Å². The Morgan fingerprint density at radius 3 is 2.57 bits per heavy atom. The summed E-state index contributed by atoms with van der Waals surface area (Å²) in [7, 11) is 0. The minimum atomic E-state index is -0.492. The van der Waals surface area contributed by atoms with Crippen LogP contribution in [0.25, 0.3) is 0 Å². The van der Waals surface area contributed by atoms with Gasteiger partial charge >= 0.3 is 0 Å². The summed E-state index contributed by atoms with van der Waals surface area (Å²) in [4.78, 5) is 24.8. The molecule has 1 N–H and O–H groups in total. The number of carbonyl (C=O) groups excluding carboxylic acids is 1. The molecule has 148 valence electrons. The molecule has 5 nitrogen and oxygen atoms in total. The molecular weight excluding hydrogens is 379 g/mol. The molecule has 0 bridgehead atoms. The predicted molar refractivity (Wildman–Crippen MR) is 107 cm³/mol. The highest BCUT2D eigenvalue weighted by Gasteiger charge is 2.29. The zero-order valence-electron chi connectivity index (χ0n) is 15.9. The largest absolute Gasteiger partial charge is 0.349 e. The van der Waals surface area contributed by atoms with Crippen molar-refractivity contribution < 1.29 is 14.1 Å². The first kappa shape index (κ1) is 20.3. The van der Waals surface area contributed by atoms with Gasteiger partial charge in [-0.05, 0) is 54.7 Å². The normalized spacial score (nSPS) is 21.9. The van der Waals surface area contributed by atoms with E-state index in [1.165, 1.54) is 30.0 Å². The summed E-state index contributed by atoms with van der Waals surface area (Å²) in [5.74, 6) is 0.272. The zero-order chi connectivity index (χ0) is 20.3. The molecule has 1 fully saturated rings. The molecule has 3 atom stereocenters. The second kappa shape index (κ2) is 8.73. The molecule has 0 saturated heterocycles. The molecule has 0 aliphatic heterocycles. The third kappa shape index (κ3) is 4.70. The van der Waals surface area contributed by atoms with Crippen LogP contribution >= 0.6 is 11.8 Å². The predicted octanol–water partition coefficient (Wildman–Crippen LogP) is 5.44. The van der Waals surface area contributed by atoms with Crippen molar-refractivity contribution in [2.24, 2.45) is 11.8 Å². The average Bonchev–Trinajstić information content (AvgIpc) is 2.67. The van der Waals surface area contributed by atoms with Gasteiger partial charge in [0, 0.05) is 22.6 Å². The van der Waals surface area contributed by atoms with E-state index < -0.39 is 4.92 Å². The molecule has 1 aliphatic carbocycles. The molecule has 0 unspecified atom stereocenters. The van der Waals surface area contributed by atoms with Crippen LogP contribution in [0.2, 0.25) is 0 Å². The molecule has 1 saturated carbocycles. The maximum atomic E-state index is 13.1. The monoisotopic (exact) mass is 402 g/mol. The van der Waals surface area contributed by atoms with Crippen LogP contribution in [0.5, 0.6) is 0 Å². The van der Waals surface area contributed by atoms with Gasteiger partial charge in [-0.3, -0.25) is 14.9 Å². The number of nitrogens with one attached hydrogen (secondary N) is 1. The smallest absolute Gasteiger partial charge is 0.284 e. The van der Waals surface area contributed by atoms with Crippen molar-refractivity contribution in [3.8, 4) is 0 Å². The number of nitrogens with zero attached hydrogens (tertiary/aromatic N) is 1. The minimum Gasteiger partial charge on any atom is -0.349 e. The van der Waals surface area contributed by atoms with Crippen LogP contribution < -0.4 is 5.32 Å². The van der Waals surface area contributed by atoms with E-state index in [4.69, 9.17) is 0 Å². The number of benzene rings is 2. The van der Waals surface area contributed by atoms with E-state index in [2.05, 4.69) is 19.2 Å². The van der Waals surface area contributed by atoms with Crippen molar-refractivity contribution in [2.45, 2.75) is 48.9 Å². The van der Waals surface area contributed by atoms with Crippen molar-refractivity contribution >= 4 is 23.4 Å².